The number of benzene rings is 1. The van der Waals surface area contributed by atoms with Crippen molar-refractivity contribution in [2.75, 3.05) is 17.7 Å². The van der Waals surface area contributed by atoms with E-state index in [0.717, 1.165) is 17.5 Å². The fourth-order valence-electron chi connectivity index (χ4n) is 4.40. The number of pyridine rings is 1. The molecule has 1 aliphatic heterocycles. The summed E-state index contributed by atoms with van der Waals surface area (Å²) in [5.41, 5.74) is 6.42. The summed E-state index contributed by atoms with van der Waals surface area (Å²) in [4.78, 5) is 48.4. The molecule has 0 bridgehead atoms. The lowest BCUT2D eigenvalue weighted by atomic mass is 10.0. The van der Waals surface area contributed by atoms with Crippen LogP contribution in [0.15, 0.2) is 42.6 Å². The van der Waals surface area contributed by atoms with Gasteiger partial charge in [-0.05, 0) is 64.3 Å². The van der Waals surface area contributed by atoms with Crippen LogP contribution in [0.3, 0.4) is 0 Å². The number of anilines is 1. The Balaban J connectivity index is 1.63. The van der Waals surface area contributed by atoms with Gasteiger partial charge < -0.3 is 21.6 Å². The normalized spacial score (nSPS) is 15.3. The average Bonchev–Trinajstić information content (AvgIpc) is 3.25. The van der Waals surface area contributed by atoms with Gasteiger partial charge in [0.2, 0.25) is 0 Å². The number of imidazole rings is 1. The quantitative estimate of drug-likeness (QED) is 0.420. The summed E-state index contributed by atoms with van der Waals surface area (Å²) >= 11 is 0. The fraction of sp³-hybridized carbons (Fsp3) is 0.333. The Kier molecular flexibility index (Phi) is 7.53. The molecule has 3 aromatic rings. The van der Waals surface area contributed by atoms with Crippen molar-refractivity contribution < 1.29 is 19.1 Å². The van der Waals surface area contributed by atoms with Crippen molar-refractivity contribution in [1.82, 2.24) is 19.5 Å². The van der Waals surface area contributed by atoms with Gasteiger partial charge in [0.05, 0.1) is 17.7 Å². The molecule has 12 nitrogen and oxygen atoms in total. The van der Waals surface area contributed by atoms with Gasteiger partial charge in [0.1, 0.15) is 17.1 Å². The van der Waals surface area contributed by atoms with E-state index in [1.54, 1.807) is 49.9 Å². The van der Waals surface area contributed by atoms with Crippen LogP contribution in [0, 0.1) is 11.3 Å². The number of likely N-dealkylation sites (tertiary alicyclic amines) is 1. The molecule has 39 heavy (non-hydrogen) atoms. The zero-order valence-electron chi connectivity index (χ0n) is 22.0. The predicted octanol–water partition coefficient (Wildman–Crippen LogP) is 3.34. The molecular weight excluding hydrogens is 500 g/mol. The fourth-order valence-corrected chi connectivity index (χ4v) is 4.40. The molecule has 0 saturated carbocycles. The minimum Gasteiger partial charge on any atom is -0.444 e. The number of nitrogens with zero attached hydrogens (tertiary/aromatic N) is 5. The summed E-state index contributed by atoms with van der Waals surface area (Å²) in [6, 6.07) is 10.9. The van der Waals surface area contributed by atoms with Crippen molar-refractivity contribution >= 4 is 23.7 Å². The molecule has 1 unspecified atom stereocenters. The Bertz CT molecular complexity index is 1450. The first kappa shape index (κ1) is 27.1. The number of nitrogens with one attached hydrogen (secondary N) is 1. The van der Waals surface area contributed by atoms with Crippen molar-refractivity contribution in [2.24, 2.45) is 5.73 Å². The summed E-state index contributed by atoms with van der Waals surface area (Å²) < 4.78 is 6.73. The van der Waals surface area contributed by atoms with Gasteiger partial charge in [0.15, 0.2) is 11.5 Å². The monoisotopic (exact) mass is 530 g/mol. The Morgan fingerprint density at radius 3 is 2.51 bits per heavy atom. The third-order valence-corrected chi connectivity index (χ3v) is 6.15. The van der Waals surface area contributed by atoms with Gasteiger partial charge in [-0.1, -0.05) is 12.1 Å². The zero-order valence-corrected chi connectivity index (χ0v) is 22.0. The van der Waals surface area contributed by atoms with E-state index in [1.165, 1.54) is 18.3 Å². The lowest BCUT2D eigenvalue weighted by molar-refractivity contribution is 0.00821. The zero-order chi connectivity index (χ0) is 28.3. The second kappa shape index (κ2) is 10.8. The maximum absolute atomic E-state index is 12.9. The van der Waals surface area contributed by atoms with E-state index >= 15 is 0 Å². The number of hydrogen-bond acceptors (Lipinski definition) is 8. The number of nitriles is 1. The summed E-state index contributed by atoms with van der Waals surface area (Å²) in [6.45, 7) is 5.84. The Morgan fingerprint density at radius 1 is 1.15 bits per heavy atom. The number of piperidine rings is 1. The van der Waals surface area contributed by atoms with Crippen molar-refractivity contribution in [3.8, 4) is 17.3 Å². The van der Waals surface area contributed by atoms with Crippen LogP contribution >= 0.6 is 0 Å². The number of primary amides is 1. The van der Waals surface area contributed by atoms with Crippen LogP contribution in [0.4, 0.5) is 10.6 Å². The molecule has 4 rings (SSSR count). The topological polar surface area (TPSA) is 182 Å². The highest BCUT2D eigenvalue weighted by Gasteiger charge is 2.36. The molecule has 12 heteroatoms. The highest BCUT2D eigenvalue weighted by atomic mass is 16.6. The average molecular weight is 531 g/mol. The van der Waals surface area contributed by atoms with Gasteiger partial charge in [-0.25, -0.2) is 19.4 Å². The number of nitrogen functional groups attached to an aromatic ring is 1. The van der Waals surface area contributed by atoms with E-state index < -0.39 is 29.6 Å². The molecule has 2 aromatic heterocycles. The number of aromatic nitrogens is 3. The Morgan fingerprint density at radius 2 is 1.87 bits per heavy atom. The van der Waals surface area contributed by atoms with Crippen molar-refractivity contribution in [3.63, 3.8) is 0 Å². The van der Waals surface area contributed by atoms with Gasteiger partial charge >= 0.3 is 6.09 Å². The van der Waals surface area contributed by atoms with Gasteiger partial charge in [-0.2, -0.15) is 5.26 Å². The number of carbonyl (C=O) groups is 3. The van der Waals surface area contributed by atoms with E-state index in [-0.39, 0.29) is 17.2 Å². The Labute approximate surface area is 225 Å². The van der Waals surface area contributed by atoms with Crippen LogP contribution in [0.2, 0.25) is 0 Å². The Hall–Kier alpha value is -4.92. The summed E-state index contributed by atoms with van der Waals surface area (Å²) in [7, 11) is 0. The minimum atomic E-state index is -0.781. The standard InChI is InChI=1S/C27H30N8O4/c1-27(2,3)39-26(38)34-13-5-4-6-19(34)24-33-21(22(23(29)36)35(24)30)17-7-9-18(10-8-17)25(37)32-20-14-16(15-28)11-12-31-20/h7-12,14,19H,4-6,13,30H2,1-3H3,(H2,29,36)(H,31,32,37). The molecule has 1 atom stereocenters. The van der Waals surface area contributed by atoms with E-state index in [4.69, 9.17) is 21.6 Å². The largest absolute Gasteiger partial charge is 0.444 e. The van der Waals surface area contributed by atoms with Gasteiger partial charge in [0, 0.05) is 23.9 Å². The lowest BCUT2D eigenvalue weighted by Crippen LogP contribution is -2.43. The number of ether oxygens (including phenoxy) is 1. The van der Waals surface area contributed by atoms with Crippen LogP contribution in [0.25, 0.3) is 11.3 Å². The van der Waals surface area contributed by atoms with Crippen LogP contribution < -0.4 is 16.9 Å². The predicted molar refractivity (Wildman–Crippen MR) is 143 cm³/mol. The molecule has 1 aliphatic rings. The molecule has 3 heterocycles. The van der Waals surface area contributed by atoms with Crippen molar-refractivity contribution in [1.29, 1.82) is 5.26 Å². The van der Waals surface area contributed by atoms with Crippen LogP contribution in [-0.2, 0) is 4.74 Å². The number of amides is 3. The highest BCUT2D eigenvalue weighted by molar-refractivity contribution is 6.04. The maximum atomic E-state index is 12.9. The number of hydrogen-bond donors (Lipinski definition) is 3. The first-order valence-corrected chi connectivity index (χ1v) is 12.4. The van der Waals surface area contributed by atoms with Gasteiger partial charge in [0.25, 0.3) is 11.8 Å². The summed E-state index contributed by atoms with van der Waals surface area (Å²) in [5, 5.41) is 11.7. The van der Waals surface area contributed by atoms with Crippen molar-refractivity contribution in [2.45, 2.75) is 51.7 Å². The van der Waals surface area contributed by atoms with Crippen LogP contribution in [0.5, 0.6) is 0 Å². The van der Waals surface area contributed by atoms with E-state index in [2.05, 4.69) is 15.3 Å². The molecular formula is C27H30N8O4. The highest BCUT2D eigenvalue weighted by Crippen LogP contribution is 2.34. The van der Waals surface area contributed by atoms with E-state index in [0.29, 0.717) is 35.5 Å². The number of rotatable bonds is 5. The van der Waals surface area contributed by atoms with Crippen LogP contribution in [0.1, 0.15) is 78.3 Å². The summed E-state index contributed by atoms with van der Waals surface area (Å²) in [6.07, 6.45) is 3.18. The molecule has 3 amide bonds. The smallest absolute Gasteiger partial charge is 0.410 e. The van der Waals surface area contributed by atoms with Crippen LogP contribution in [-0.4, -0.2) is 49.6 Å². The maximum Gasteiger partial charge on any atom is 0.410 e. The SMILES string of the molecule is CC(C)(C)OC(=O)N1CCCCC1c1nc(-c2ccc(C(=O)Nc3cc(C#N)ccn3)cc2)c(C(N)=O)n1N. The third kappa shape index (κ3) is 5.98. The first-order valence-electron chi connectivity index (χ1n) is 12.4. The van der Waals surface area contributed by atoms with E-state index in [9.17, 15) is 14.4 Å². The molecule has 0 radical (unpaired) electrons. The third-order valence-electron chi connectivity index (χ3n) is 6.15. The van der Waals surface area contributed by atoms with Gasteiger partial charge in [-0.15, -0.1) is 0 Å². The second-order valence-corrected chi connectivity index (χ2v) is 10.2. The van der Waals surface area contributed by atoms with Gasteiger partial charge in [-0.3, -0.25) is 14.5 Å². The minimum absolute atomic E-state index is 0.0190. The molecule has 0 spiro atoms. The second-order valence-electron chi connectivity index (χ2n) is 10.2. The molecule has 5 N–H and O–H groups in total. The number of nitrogens with two attached hydrogens (primary N) is 2. The molecule has 1 aromatic carbocycles. The first-order chi connectivity index (χ1) is 18.5. The number of carbonyl (C=O) groups excluding carboxylic acids is 3. The van der Waals surface area contributed by atoms with E-state index in [1.807, 2.05) is 6.07 Å². The molecule has 202 valence electrons. The lowest BCUT2D eigenvalue weighted by Gasteiger charge is -2.36. The molecule has 0 aliphatic carbocycles. The van der Waals surface area contributed by atoms with Crippen molar-refractivity contribution in [3.05, 3.63) is 65.2 Å². The molecule has 1 saturated heterocycles. The summed E-state index contributed by atoms with van der Waals surface area (Å²) in [5.74, 6) is 5.68. The molecule has 1 fully saturated rings.